The number of benzene rings is 1. The summed E-state index contributed by atoms with van der Waals surface area (Å²) in [6, 6.07) is 7.17. The molecule has 128 valence electrons. The van der Waals surface area contributed by atoms with E-state index in [-0.39, 0.29) is 18.6 Å². The van der Waals surface area contributed by atoms with Crippen molar-refractivity contribution in [3.63, 3.8) is 0 Å². The number of halogens is 1. The van der Waals surface area contributed by atoms with Crippen LogP contribution in [-0.4, -0.2) is 45.0 Å². The first kappa shape index (κ1) is 16.9. The molecule has 6 nitrogen and oxygen atoms in total. The van der Waals surface area contributed by atoms with E-state index in [0.29, 0.717) is 10.7 Å². The highest BCUT2D eigenvalue weighted by molar-refractivity contribution is 6.30. The summed E-state index contributed by atoms with van der Waals surface area (Å²) in [7, 11) is 0. The van der Waals surface area contributed by atoms with Crippen molar-refractivity contribution in [1.29, 1.82) is 0 Å². The third kappa shape index (κ3) is 3.94. The Kier molecular flexibility index (Phi) is 5.48. The van der Waals surface area contributed by atoms with E-state index in [0.717, 1.165) is 38.0 Å². The Morgan fingerprint density at radius 3 is 2.88 bits per heavy atom. The quantitative estimate of drug-likeness (QED) is 0.777. The lowest BCUT2D eigenvalue weighted by Crippen LogP contribution is -2.45. The average Bonchev–Trinajstić information content (AvgIpc) is 3.09. The lowest BCUT2D eigenvalue weighted by atomic mass is 10.0. The minimum atomic E-state index is -0.169. The van der Waals surface area contributed by atoms with Crippen LogP contribution in [0, 0.1) is 0 Å². The number of likely N-dealkylation sites (tertiary alicyclic amines) is 1. The van der Waals surface area contributed by atoms with Gasteiger partial charge in [0.05, 0.1) is 11.9 Å². The SMILES string of the molecule is CCN1CCCC[C@H]1C(=O)OCc1cn(-c2ccc(Cl)cc2)nn1. The van der Waals surface area contributed by atoms with E-state index in [1.807, 2.05) is 12.1 Å². The molecule has 2 heterocycles. The lowest BCUT2D eigenvalue weighted by Gasteiger charge is -2.32. The fourth-order valence-corrected chi connectivity index (χ4v) is 3.09. The highest BCUT2D eigenvalue weighted by atomic mass is 35.5. The summed E-state index contributed by atoms with van der Waals surface area (Å²) in [5.41, 5.74) is 1.48. The van der Waals surface area contributed by atoms with Gasteiger partial charge in [-0.25, -0.2) is 4.68 Å². The molecule has 1 aliphatic heterocycles. The third-order valence-electron chi connectivity index (χ3n) is 4.29. The number of carbonyl (C=O) groups excluding carboxylic acids is 1. The molecule has 1 saturated heterocycles. The molecule has 0 radical (unpaired) electrons. The molecule has 1 atom stereocenters. The van der Waals surface area contributed by atoms with Crippen LogP contribution in [0.2, 0.25) is 5.02 Å². The Bertz CT molecular complexity index is 686. The summed E-state index contributed by atoms with van der Waals surface area (Å²) in [5, 5.41) is 8.79. The molecule has 1 aromatic carbocycles. The molecule has 0 aliphatic carbocycles. The van der Waals surface area contributed by atoms with Crippen LogP contribution in [0.5, 0.6) is 0 Å². The molecule has 0 saturated carbocycles. The molecule has 2 aromatic rings. The fraction of sp³-hybridized carbons (Fsp3) is 0.471. The summed E-state index contributed by atoms with van der Waals surface area (Å²) >= 11 is 5.88. The molecule has 0 bridgehead atoms. The maximum Gasteiger partial charge on any atom is 0.323 e. The van der Waals surface area contributed by atoms with Crippen molar-refractivity contribution in [3.05, 3.63) is 41.2 Å². The summed E-state index contributed by atoms with van der Waals surface area (Å²) in [6.07, 6.45) is 4.84. The summed E-state index contributed by atoms with van der Waals surface area (Å²) in [6.45, 7) is 4.04. The molecule has 1 aromatic heterocycles. The Labute approximate surface area is 146 Å². The molecule has 7 heteroatoms. The number of hydrogen-bond acceptors (Lipinski definition) is 5. The number of likely N-dealkylation sites (N-methyl/N-ethyl adjacent to an activating group) is 1. The van der Waals surface area contributed by atoms with Crippen LogP contribution in [-0.2, 0) is 16.1 Å². The molecule has 0 spiro atoms. The van der Waals surface area contributed by atoms with E-state index in [4.69, 9.17) is 16.3 Å². The molecule has 0 N–H and O–H groups in total. The summed E-state index contributed by atoms with van der Waals surface area (Å²) < 4.78 is 7.09. The van der Waals surface area contributed by atoms with Crippen LogP contribution in [0.25, 0.3) is 5.69 Å². The van der Waals surface area contributed by atoms with Gasteiger partial charge in [-0.05, 0) is 50.2 Å². The second-order valence-electron chi connectivity index (χ2n) is 5.88. The van der Waals surface area contributed by atoms with Gasteiger partial charge >= 0.3 is 5.97 Å². The molecule has 0 amide bonds. The number of nitrogens with zero attached hydrogens (tertiary/aromatic N) is 4. The Hall–Kier alpha value is -1.92. The topological polar surface area (TPSA) is 60.2 Å². The second-order valence-corrected chi connectivity index (χ2v) is 6.32. The van der Waals surface area contributed by atoms with E-state index < -0.39 is 0 Å². The van der Waals surface area contributed by atoms with Gasteiger partial charge in [-0.3, -0.25) is 9.69 Å². The molecule has 1 aliphatic rings. The Morgan fingerprint density at radius 2 is 2.12 bits per heavy atom. The molecule has 0 unspecified atom stereocenters. The predicted molar refractivity (Wildman–Crippen MR) is 91.1 cm³/mol. The minimum absolute atomic E-state index is 0.130. The fourth-order valence-electron chi connectivity index (χ4n) is 2.96. The van der Waals surface area contributed by atoms with Gasteiger partial charge in [0.15, 0.2) is 0 Å². The monoisotopic (exact) mass is 348 g/mol. The van der Waals surface area contributed by atoms with Gasteiger partial charge in [-0.15, -0.1) is 5.10 Å². The van der Waals surface area contributed by atoms with E-state index in [1.54, 1.807) is 23.0 Å². The van der Waals surface area contributed by atoms with E-state index in [1.165, 1.54) is 0 Å². The van der Waals surface area contributed by atoms with Crippen molar-refractivity contribution >= 4 is 17.6 Å². The molecule has 3 rings (SSSR count). The number of piperidine rings is 1. The second kappa shape index (κ2) is 7.77. The smallest absolute Gasteiger partial charge is 0.323 e. The standard InChI is InChI=1S/C17H21ClN4O2/c1-2-21-10-4-3-5-16(21)17(23)24-12-14-11-22(20-19-14)15-8-6-13(18)7-9-15/h6-9,11,16H,2-5,10,12H2,1H3/t16-/m0/s1. The number of ether oxygens (including phenoxy) is 1. The highest BCUT2D eigenvalue weighted by Crippen LogP contribution is 2.18. The largest absolute Gasteiger partial charge is 0.458 e. The molecular weight excluding hydrogens is 328 g/mol. The van der Waals surface area contributed by atoms with Gasteiger partial charge in [0.1, 0.15) is 18.3 Å². The van der Waals surface area contributed by atoms with Gasteiger partial charge in [0.2, 0.25) is 0 Å². The molecule has 24 heavy (non-hydrogen) atoms. The number of aromatic nitrogens is 3. The van der Waals surface area contributed by atoms with Crippen molar-refractivity contribution < 1.29 is 9.53 Å². The Balaban J connectivity index is 1.59. The van der Waals surface area contributed by atoms with Crippen LogP contribution < -0.4 is 0 Å². The average molecular weight is 349 g/mol. The van der Waals surface area contributed by atoms with Crippen LogP contribution >= 0.6 is 11.6 Å². The number of esters is 1. The zero-order chi connectivity index (χ0) is 16.9. The molecular formula is C17H21ClN4O2. The number of hydrogen-bond donors (Lipinski definition) is 0. The predicted octanol–water partition coefficient (Wildman–Crippen LogP) is 2.84. The minimum Gasteiger partial charge on any atom is -0.458 e. The summed E-state index contributed by atoms with van der Waals surface area (Å²) in [5.74, 6) is -0.169. The van der Waals surface area contributed by atoms with Gasteiger partial charge < -0.3 is 4.74 Å². The van der Waals surface area contributed by atoms with Crippen molar-refractivity contribution in [2.24, 2.45) is 0 Å². The van der Waals surface area contributed by atoms with E-state index in [2.05, 4.69) is 22.1 Å². The number of rotatable bonds is 5. The van der Waals surface area contributed by atoms with Gasteiger partial charge in [-0.1, -0.05) is 30.2 Å². The first-order valence-corrected chi connectivity index (χ1v) is 8.63. The van der Waals surface area contributed by atoms with E-state index >= 15 is 0 Å². The van der Waals surface area contributed by atoms with Gasteiger partial charge in [-0.2, -0.15) is 0 Å². The third-order valence-corrected chi connectivity index (χ3v) is 4.54. The normalized spacial score (nSPS) is 18.5. The molecule has 1 fully saturated rings. The highest BCUT2D eigenvalue weighted by Gasteiger charge is 2.28. The number of carbonyl (C=O) groups is 1. The lowest BCUT2D eigenvalue weighted by molar-refractivity contribution is -0.152. The van der Waals surface area contributed by atoms with Crippen LogP contribution in [0.15, 0.2) is 30.5 Å². The first-order valence-electron chi connectivity index (χ1n) is 8.25. The van der Waals surface area contributed by atoms with Crippen molar-refractivity contribution in [2.75, 3.05) is 13.1 Å². The zero-order valence-corrected chi connectivity index (χ0v) is 14.4. The summed E-state index contributed by atoms with van der Waals surface area (Å²) in [4.78, 5) is 14.5. The van der Waals surface area contributed by atoms with Crippen LogP contribution in [0.4, 0.5) is 0 Å². The van der Waals surface area contributed by atoms with E-state index in [9.17, 15) is 4.79 Å². The Morgan fingerprint density at radius 1 is 1.33 bits per heavy atom. The van der Waals surface area contributed by atoms with Crippen molar-refractivity contribution in [1.82, 2.24) is 19.9 Å². The van der Waals surface area contributed by atoms with Crippen LogP contribution in [0.3, 0.4) is 0 Å². The first-order chi connectivity index (χ1) is 11.7. The maximum atomic E-state index is 12.3. The maximum absolute atomic E-state index is 12.3. The zero-order valence-electron chi connectivity index (χ0n) is 13.7. The van der Waals surface area contributed by atoms with Crippen LogP contribution in [0.1, 0.15) is 31.9 Å². The van der Waals surface area contributed by atoms with Gasteiger partial charge in [0, 0.05) is 5.02 Å². The van der Waals surface area contributed by atoms with Crippen molar-refractivity contribution in [3.8, 4) is 5.69 Å². The van der Waals surface area contributed by atoms with Gasteiger partial charge in [0.25, 0.3) is 0 Å². The van der Waals surface area contributed by atoms with Crippen molar-refractivity contribution in [2.45, 2.75) is 38.8 Å².